The third-order valence-electron chi connectivity index (χ3n) is 4.90. The largest absolute Gasteiger partial charge is 0.457 e. The quantitative estimate of drug-likeness (QED) is 0.781. The number of fused-ring (bicyclic) bond motifs is 1. The number of anilines is 1. The molecule has 0 aromatic heterocycles. The van der Waals surface area contributed by atoms with Gasteiger partial charge in [-0.15, -0.1) is 0 Å². The minimum atomic E-state index is -0.280. The van der Waals surface area contributed by atoms with Gasteiger partial charge >= 0.3 is 5.97 Å². The second-order valence-corrected chi connectivity index (χ2v) is 7.39. The summed E-state index contributed by atoms with van der Waals surface area (Å²) < 4.78 is 5.78. The Morgan fingerprint density at radius 1 is 1.04 bits per heavy atom. The fraction of sp³-hybridized carbons (Fsp3) is 0.381. The molecule has 1 N–H and O–H groups in total. The maximum absolute atomic E-state index is 11.7. The number of carbonyl (C=O) groups excluding carboxylic acids is 1. The molecule has 1 heterocycles. The standard InChI is InChI=1S/C21H25NO2/c1-13-6-9-16(10-7-13)19-21(4,5)20(24-15(3)23)17-12-14(2)8-11-18(17)22-19/h6-12,19-20,22H,1-5H3/t19-,20+/m0/s1. The Morgan fingerprint density at radius 2 is 1.67 bits per heavy atom. The van der Waals surface area contributed by atoms with Gasteiger partial charge in [-0.2, -0.15) is 0 Å². The van der Waals surface area contributed by atoms with Crippen LogP contribution < -0.4 is 5.32 Å². The van der Waals surface area contributed by atoms with Crippen LogP contribution in [0.2, 0.25) is 0 Å². The molecule has 0 bridgehead atoms. The van der Waals surface area contributed by atoms with Crippen LogP contribution in [0, 0.1) is 19.3 Å². The first-order valence-electron chi connectivity index (χ1n) is 8.40. The van der Waals surface area contributed by atoms with Gasteiger partial charge in [0.15, 0.2) is 0 Å². The van der Waals surface area contributed by atoms with Crippen LogP contribution in [0.1, 0.15) is 55.2 Å². The Morgan fingerprint density at radius 3 is 2.29 bits per heavy atom. The first-order valence-corrected chi connectivity index (χ1v) is 8.40. The van der Waals surface area contributed by atoms with Crippen molar-refractivity contribution in [3.8, 4) is 0 Å². The highest BCUT2D eigenvalue weighted by atomic mass is 16.5. The Bertz CT molecular complexity index is 762. The van der Waals surface area contributed by atoms with Gasteiger partial charge in [-0.25, -0.2) is 0 Å². The fourth-order valence-corrected chi connectivity index (χ4v) is 3.58. The van der Waals surface area contributed by atoms with Gasteiger partial charge in [0, 0.05) is 23.6 Å². The van der Waals surface area contributed by atoms with Crippen LogP contribution in [0.4, 0.5) is 5.69 Å². The van der Waals surface area contributed by atoms with Crippen molar-refractivity contribution in [1.29, 1.82) is 0 Å². The molecule has 1 aliphatic rings. The van der Waals surface area contributed by atoms with Crippen molar-refractivity contribution >= 4 is 11.7 Å². The van der Waals surface area contributed by atoms with Gasteiger partial charge in [0.25, 0.3) is 0 Å². The molecule has 0 amide bonds. The van der Waals surface area contributed by atoms with Gasteiger partial charge in [-0.3, -0.25) is 4.79 Å². The lowest BCUT2D eigenvalue weighted by molar-refractivity contribution is -0.154. The first kappa shape index (κ1) is 16.6. The third-order valence-corrected chi connectivity index (χ3v) is 4.90. The summed E-state index contributed by atoms with van der Waals surface area (Å²) in [6.45, 7) is 9.94. The van der Waals surface area contributed by atoms with Crippen molar-refractivity contribution in [3.63, 3.8) is 0 Å². The van der Waals surface area contributed by atoms with Crippen LogP contribution in [-0.2, 0) is 9.53 Å². The average Bonchev–Trinajstić information content (AvgIpc) is 2.51. The van der Waals surface area contributed by atoms with Crippen molar-refractivity contribution in [1.82, 2.24) is 0 Å². The average molecular weight is 323 g/mol. The number of hydrogen-bond donors (Lipinski definition) is 1. The number of aryl methyl sites for hydroxylation is 2. The van der Waals surface area contributed by atoms with Crippen LogP contribution in [0.25, 0.3) is 0 Å². The second-order valence-electron chi connectivity index (χ2n) is 7.39. The van der Waals surface area contributed by atoms with Crippen molar-refractivity contribution in [3.05, 3.63) is 64.7 Å². The molecule has 3 heteroatoms. The number of benzene rings is 2. The lowest BCUT2D eigenvalue weighted by Gasteiger charge is -2.46. The van der Waals surface area contributed by atoms with E-state index in [0.717, 1.165) is 16.8 Å². The third kappa shape index (κ3) is 2.91. The lowest BCUT2D eigenvalue weighted by atomic mass is 9.70. The highest BCUT2D eigenvalue weighted by molar-refractivity contribution is 5.68. The molecule has 24 heavy (non-hydrogen) atoms. The Hall–Kier alpha value is -2.29. The molecule has 0 saturated carbocycles. The summed E-state index contributed by atoms with van der Waals surface area (Å²) in [4.78, 5) is 11.7. The summed E-state index contributed by atoms with van der Waals surface area (Å²) in [5.41, 5.74) is 5.42. The van der Waals surface area contributed by atoms with E-state index in [1.807, 2.05) is 0 Å². The molecule has 3 nitrogen and oxygen atoms in total. The molecule has 0 spiro atoms. The minimum absolute atomic E-state index is 0.0673. The molecule has 0 unspecified atom stereocenters. The van der Waals surface area contributed by atoms with E-state index in [1.54, 1.807) is 0 Å². The van der Waals surface area contributed by atoms with Crippen LogP contribution in [0.15, 0.2) is 42.5 Å². The van der Waals surface area contributed by atoms with Crippen LogP contribution >= 0.6 is 0 Å². The molecule has 2 aromatic rings. The van der Waals surface area contributed by atoms with E-state index in [4.69, 9.17) is 4.74 Å². The van der Waals surface area contributed by atoms with E-state index in [0.29, 0.717) is 0 Å². The van der Waals surface area contributed by atoms with Crippen molar-refractivity contribution in [2.24, 2.45) is 5.41 Å². The van der Waals surface area contributed by atoms with Gasteiger partial charge in [-0.1, -0.05) is 61.4 Å². The molecule has 0 radical (unpaired) electrons. The fourth-order valence-electron chi connectivity index (χ4n) is 3.58. The van der Waals surface area contributed by atoms with Gasteiger partial charge in [0.1, 0.15) is 6.10 Å². The van der Waals surface area contributed by atoms with E-state index in [1.165, 1.54) is 18.1 Å². The molecule has 0 saturated heterocycles. The maximum atomic E-state index is 11.7. The molecule has 126 valence electrons. The molecule has 0 fully saturated rings. The van der Waals surface area contributed by atoms with Crippen molar-refractivity contribution in [2.45, 2.75) is 46.8 Å². The summed E-state index contributed by atoms with van der Waals surface area (Å²) in [7, 11) is 0. The lowest BCUT2D eigenvalue weighted by Crippen LogP contribution is -2.40. The van der Waals surface area contributed by atoms with E-state index >= 15 is 0 Å². The SMILES string of the molecule is CC(=O)O[C@@H]1c2cc(C)ccc2N[C@@H](c2ccc(C)cc2)C1(C)C. The van der Waals surface area contributed by atoms with Gasteiger partial charge < -0.3 is 10.1 Å². The zero-order valence-corrected chi connectivity index (χ0v) is 15.0. The van der Waals surface area contributed by atoms with Crippen LogP contribution in [0.3, 0.4) is 0 Å². The molecular weight excluding hydrogens is 298 g/mol. The number of carbonyl (C=O) groups is 1. The Balaban J connectivity index is 2.11. The topological polar surface area (TPSA) is 38.3 Å². The number of rotatable bonds is 2. The smallest absolute Gasteiger partial charge is 0.303 e. The predicted molar refractivity (Wildman–Crippen MR) is 97.0 cm³/mol. The first-order chi connectivity index (χ1) is 11.3. The predicted octanol–water partition coefficient (Wildman–Crippen LogP) is 5.10. The zero-order valence-electron chi connectivity index (χ0n) is 15.0. The maximum Gasteiger partial charge on any atom is 0.303 e. The molecular formula is C21H25NO2. The summed E-state index contributed by atoms with van der Waals surface area (Å²) in [6.07, 6.45) is -0.280. The van der Waals surface area contributed by atoms with E-state index in [-0.39, 0.29) is 23.5 Å². The van der Waals surface area contributed by atoms with Crippen molar-refractivity contribution in [2.75, 3.05) is 5.32 Å². The molecule has 2 atom stereocenters. The molecule has 1 aliphatic heterocycles. The number of ether oxygens (including phenoxy) is 1. The van der Waals surface area contributed by atoms with Crippen molar-refractivity contribution < 1.29 is 9.53 Å². The summed E-state index contributed by atoms with van der Waals surface area (Å²) in [5, 5.41) is 3.66. The van der Waals surface area contributed by atoms with Crippen LogP contribution in [-0.4, -0.2) is 5.97 Å². The molecule has 3 rings (SSSR count). The number of esters is 1. The second kappa shape index (κ2) is 5.97. The summed E-state index contributed by atoms with van der Waals surface area (Å²) >= 11 is 0. The number of nitrogens with one attached hydrogen (secondary N) is 1. The highest BCUT2D eigenvalue weighted by Crippen LogP contribution is 2.53. The van der Waals surface area contributed by atoms with Gasteiger partial charge in [0.2, 0.25) is 0 Å². The molecule has 2 aromatic carbocycles. The Labute approximate surface area is 144 Å². The van der Waals surface area contributed by atoms with E-state index in [9.17, 15) is 4.79 Å². The van der Waals surface area contributed by atoms with Gasteiger partial charge in [-0.05, 0) is 25.5 Å². The summed E-state index contributed by atoms with van der Waals surface area (Å²) in [5.74, 6) is -0.245. The minimum Gasteiger partial charge on any atom is -0.457 e. The zero-order chi connectivity index (χ0) is 17.5. The van der Waals surface area contributed by atoms with Crippen LogP contribution in [0.5, 0.6) is 0 Å². The highest BCUT2D eigenvalue weighted by Gasteiger charge is 2.45. The molecule has 0 aliphatic carbocycles. The number of hydrogen-bond acceptors (Lipinski definition) is 3. The van der Waals surface area contributed by atoms with E-state index < -0.39 is 0 Å². The monoisotopic (exact) mass is 323 g/mol. The van der Waals surface area contributed by atoms with Gasteiger partial charge in [0.05, 0.1) is 6.04 Å². The van der Waals surface area contributed by atoms with E-state index in [2.05, 4.69) is 75.5 Å². The Kier molecular flexibility index (Phi) is 4.12. The summed E-state index contributed by atoms with van der Waals surface area (Å²) in [6, 6.07) is 14.9. The normalized spacial score (nSPS) is 21.5.